The molecule has 4 unspecified atom stereocenters. The van der Waals surface area contributed by atoms with Gasteiger partial charge in [0.15, 0.2) is 0 Å². The molecule has 2 bridgehead atoms. The zero-order valence-electron chi connectivity index (χ0n) is 10.4. The van der Waals surface area contributed by atoms with Crippen LogP contribution in [0.1, 0.15) is 29.9 Å². The number of carboxylic acid groups (broad SMARTS) is 1. The first kappa shape index (κ1) is 13.4. The van der Waals surface area contributed by atoms with Crippen molar-refractivity contribution in [2.75, 3.05) is 0 Å². The van der Waals surface area contributed by atoms with Crippen LogP contribution in [-0.2, 0) is 15.7 Å². The van der Waals surface area contributed by atoms with Gasteiger partial charge in [-0.05, 0) is 24.5 Å². The molecule has 0 radical (unpaired) electrons. The summed E-state index contributed by atoms with van der Waals surface area (Å²) in [6.45, 7) is 0. The largest absolute Gasteiger partial charge is 0.481 e. The molecule has 108 valence electrons. The van der Waals surface area contributed by atoms with Crippen LogP contribution in [-0.4, -0.2) is 23.3 Å². The second-order valence-corrected chi connectivity index (χ2v) is 5.27. The van der Waals surface area contributed by atoms with Gasteiger partial charge in [0.05, 0.1) is 23.7 Å². The van der Waals surface area contributed by atoms with Crippen LogP contribution in [0.2, 0.25) is 0 Å². The number of alkyl halides is 3. The Morgan fingerprint density at radius 2 is 1.85 bits per heavy atom. The Morgan fingerprint density at radius 1 is 1.20 bits per heavy atom. The molecule has 2 heterocycles. The fraction of sp³-hybridized carbons (Fsp3) is 0.500. The minimum absolute atomic E-state index is 0.0413. The summed E-state index contributed by atoms with van der Waals surface area (Å²) in [5.74, 6) is -2.69. The van der Waals surface area contributed by atoms with E-state index in [2.05, 4.69) is 0 Å². The number of carboxylic acids is 1. The molecule has 1 N–H and O–H groups in total. The van der Waals surface area contributed by atoms with Crippen LogP contribution in [0.25, 0.3) is 0 Å². The van der Waals surface area contributed by atoms with E-state index in [-0.39, 0.29) is 5.56 Å². The van der Waals surface area contributed by atoms with Crippen molar-refractivity contribution in [2.45, 2.75) is 37.1 Å². The summed E-state index contributed by atoms with van der Waals surface area (Å²) in [4.78, 5) is 11.4. The number of fused-ring (bicyclic) bond motifs is 2. The van der Waals surface area contributed by atoms with Gasteiger partial charge in [-0.25, -0.2) is 0 Å². The molecule has 3 nitrogen and oxygen atoms in total. The molecule has 3 rings (SSSR count). The molecule has 20 heavy (non-hydrogen) atoms. The third kappa shape index (κ3) is 1.98. The molecule has 2 saturated heterocycles. The van der Waals surface area contributed by atoms with Gasteiger partial charge >= 0.3 is 12.1 Å². The second-order valence-electron chi connectivity index (χ2n) is 5.27. The normalized spacial score (nSPS) is 32.5. The molecule has 0 spiro atoms. The highest BCUT2D eigenvalue weighted by Crippen LogP contribution is 2.51. The van der Waals surface area contributed by atoms with Gasteiger partial charge in [0.2, 0.25) is 0 Å². The third-order valence-electron chi connectivity index (χ3n) is 4.18. The predicted molar refractivity (Wildman–Crippen MR) is 63.2 cm³/mol. The van der Waals surface area contributed by atoms with Crippen LogP contribution in [0.5, 0.6) is 0 Å². The molecular formula is C14H13F3O3. The van der Waals surface area contributed by atoms with E-state index in [9.17, 15) is 23.1 Å². The van der Waals surface area contributed by atoms with E-state index >= 15 is 0 Å². The Kier molecular flexibility index (Phi) is 3.01. The zero-order valence-corrected chi connectivity index (χ0v) is 10.4. The molecule has 0 aromatic heterocycles. The summed E-state index contributed by atoms with van der Waals surface area (Å²) >= 11 is 0. The fourth-order valence-corrected chi connectivity index (χ4v) is 3.43. The summed E-state index contributed by atoms with van der Waals surface area (Å²) in [5, 5.41) is 9.30. The van der Waals surface area contributed by atoms with Gasteiger partial charge in [-0.1, -0.05) is 18.2 Å². The Labute approximate surface area is 113 Å². The number of aliphatic carboxylic acids is 1. The first-order chi connectivity index (χ1) is 9.39. The first-order valence-corrected chi connectivity index (χ1v) is 6.44. The van der Waals surface area contributed by atoms with Crippen molar-refractivity contribution >= 4 is 5.97 Å². The SMILES string of the molecule is O=C(O)C1C2CCC(O2)C1c1ccccc1C(F)(F)F. The maximum Gasteiger partial charge on any atom is 0.416 e. The van der Waals surface area contributed by atoms with Gasteiger partial charge in [-0.15, -0.1) is 0 Å². The fourth-order valence-electron chi connectivity index (χ4n) is 3.43. The summed E-state index contributed by atoms with van der Waals surface area (Å²) in [6.07, 6.45) is -4.16. The van der Waals surface area contributed by atoms with Crippen molar-refractivity contribution in [2.24, 2.45) is 5.92 Å². The number of halogens is 3. The predicted octanol–water partition coefficient (Wildman–Crippen LogP) is 3.05. The van der Waals surface area contributed by atoms with E-state index in [0.29, 0.717) is 12.8 Å². The summed E-state index contributed by atoms with van der Waals surface area (Å²) in [7, 11) is 0. The molecule has 0 amide bonds. The van der Waals surface area contributed by atoms with E-state index in [4.69, 9.17) is 4.74 Å². The highest BCUT2D eigenvalue weighted by Gasteiger charge is 2.54. The van der Waals surface area contributed by atoms with Gasteiger partial charge in [0.25, 0.3) is 0 Å². The molecule has 1 aromatic rings. The van der Waals surface area contributed by atoms with E-state index in [1.165, 1.54) is 18.2 Å². The maximum absolute atomic E-state index is 13.1. The molecule has 0 aliphatic carbocycles. The van der Waals surface area contributed by atoms with Crippen molar-refractivity contribution in [1.29, 1.82) is 0 Å². The molecule has 2 fully saturated rings. The van der Waals surface area contributed by atoms with Gasteiger partial charge in [-0.2, -0.15) is 13.2 Å². The van der Waals surface area contributed by atoms with Gasteiger partial charge in [-0.3, -0.25) is 4.79 Å². The topological polar surface area (TPSA) is 46.5 Å². The van der Waals surface area contributed by atoms with Crippen molar-refractivity contribution in [3.63, 3.8) is 0 Å². The summed E-state index contributed by atoms with van der Waals surface area (Å²) in [5.41, 5.74) is -0.716. The van der Waals surface area contributed by atoms with Crippen LogP contribution in [0, 0.1) is 5.92 Å². The van der Waals surface area contributed by atoms with Gasteiger partial charge < -0.3 is 9.84 Å². The lowest BCUT2D eigenvalue weighted by atomic mass is 9.74. The molecule has 6 heteroatoms. The second kappa shape index (κ2) is 4.48. The van der Waals surface area contributed by atoms with Crippen molar-refractivity contribution in [3.05, 3.63) is 35.4 Å². The van der Waals surface area contributed by atoms with Crippen LogP contribution in [0.15, 0.2) is 24.3 Å². The van der Waals surface area contributed by atoms with Crippen LogP contribution in [0.3, 0.4) is 0 Å². The number of benzene rings is 1. The first-order valence-electron chi connectivity index (χ1n) is 6.44. The summed E-state index contributed by atoms with van der Waals surface area (Å²) < 4.78 is 44.8. The quantitative estimate of drug-likeness (QED) is 0.909. The minimum atomic E-state index is -4.48. The molecule has 1 aromatic carbocycles. The molecule has 2 aliphatic rings. The summed E-state index contributed by atoms with van der Waals surface area (Å²) in [6, 6.07) is 5.19. The van der Waals surface area contributed by atoms with Crippen molar-refractivity contribution < 1.29 is 27.8 Å². The molecule has 4 atom stereocenters. The lowest BCUT2D eigenvalue weighted by Gasteiger charge is -2.27. The average molecular weight is 286 g/mol. The highest BCUT2D eigenvalue weighted by atomic mass is 19.4. The maximum atomic E-state index is 13.1. The van der Waals surface area contributed by atoms with E-state index in [0.717, 1.165) is 6.07 Å². The Morgan fingerprint density at radius 3 is 2.50 bits per heavy atom. The minimum Gasteiger partial charge on any atom is -0.481 e. The van der Waals surface area contributed by atoms with Crippen LogP contribution < -0.4 is 0 Å². The number of carbonyl (C=O) groups is 1. The lowest BCUT2D eigenvalue weighted by molar-refractivity contribution is -0.145. The van der Waals surface area contributed by atoms with Gasteiger partial charge in [0.1, 0.15) is 0 Å². The number of hydrogen-bond donors (Lipinski definition) is 1. The third-order valence-corrected chi connectivity index (χ3v) is 4.18. The van der Waals surface area contributed by atoms with Crippen LogP contribution >= 0.6 is 0 Å². The van der Waals surface area contributed by atoms with Gasteiger partial charge in [0, 0.05) is 5.92 Å². The monoisotopic (exact) mass is 286 g/mol. The Bertz CT molecular complexity index is 541. The number of rotatable bonds is 2. The lowest BCUT2D eigenvalue weighted by Crippen LogP contribution is -2.33. The molecule has 0 saturated carbocycles. The zero-order chi connectivity index (χ0) is 14.5. The van der Waals surface area contributed by atoms with E-state index < -0.39 is 41.8 Å². The Balaban J connectivity index is 2.07. The molecule has 2 aliphatic heterocycles. The van der Waals surface area contributed by atoms with E-state index in [1.807, 2.05) is 0 Å². The standard InChI is InChI=1S/C14H13F3O3/c15-14(16,17)8-4-2-1-3-7(8)11-9-5-6-10(20-9)12(11)13(18)19/h1-4,9-12H,5-6H2,(H,18,19). The van der Waals surface area contributed by atoms with Crippen molar-refractivity contribution in [3.8, 4) is 0 Å². The highest BCUT2D eigenvalue weighted by molar-refractivity contribution is 5.73. The average Bonchev–Trinajstić information content (AvgIpc) is 2.97. The smallest absolute Gasteiger partial charge is 0.416 e. The molecular weight excluding hydrogens is 273 g/mol. The Hall–Kier alpha value is -1.56. The van der Waals surface area contributed by atoms with Crippen molar-refractivity contribution in [1.82, 2.24) is 0 Å². The number of ether oxygens (including phenoxy) is 1. The van der Waals surface area contributed by atoms with Crippen LogP contribution in [0.4, 0.5) is 13.2 Å². The number of hydrogen-bond acceptors (Lipinski definition) is 2. The van der Waals surface area contributed by atoms with E-state index in [1.54, 1.807) is 0 Å².